The quantitative estimate of drug-likeness (QED) is 0.110. The van der Waals surface area contributed by atoms with Crippen LogP contribution in [0.3, 0.4) is 0 Å². The van der Waals surface area contributed by atoms with Gasteiger partial charge in [-0.15, -0.1) is 0 Å². The van der Waals surface area contributed by atoms with E-state index in [1.165, 1.54) is 127 Å². The van der Waals surface area contributed by atoms with Gasteiger partial charge in [-0.2, -0.15) is 0 Å². The molecule has 0 spiro atoms. The maximum absolute atomic E-state index is 11.9. The molecule has 1 N–H and O–H groups in total. The number of carbonyl (C=O) groups is 2. The minimum absolute atomic E-state index is 0. The predicted octanol–water partition coefficient (Wildman–Crippen LogP) is 7.67. The van der Waals surface area contributed by atoms with Gasteiger partial charge in [-0.05, 0) is 30.7 Å². The average molecular weight is 489 g/mol. The van der Waals surface area contributed by atoms with Crippen LogP contribution in [-0.2, 0) is 4.74 Å². The van der Waals surface area contributed by atoms with Crippen molar-refractivity contribution >= 4 is 49.7 Å². The third-order valence-corrected chi connectivity index (χ3v) is 6.10. The van der Waals surface area contributed by atoms with Crippen LogP contribution in [-0.4, -0.2) is 61.4 Å². The summed E-state index contributed by atoms with van der Waals surface area (Å²) < 4.78 is 5.27. The van der Waals surface area contributed by atoms with Gasteiger partial charge in [0.1, 0.15) is 0 Å². The summed E-state index contributed by atoms with van der Waals surface area (Å²) in [6.07, 6.45) is 24.0. The zero-order valence-corrected chi connectivity index (χ0v) is 20.4. The first-order chi connectivity index (χ1) is 15.6. The fraction of sp³-hybridized carbons (Fsp3) is 0.714. The molecule has 0 amide bonds. The van der Waals surface area contributed by atoms with Gasteiger partial charge < -0.3 is 9.84 Å². The van der Waals surface area contributed by atoms with Crippen LogP contribution in [0.5, 0.6) is 0 Å². The van der Waals surface area contributed by atoms with Crippen LogP contribution in [0, 0.1) is 0 Å². The average Bonchev–Trinajstić information content (AvgIpc) is 2.80. The van der Waals surface area contributed by atoms with E-state index in [4.69, 9.17) is 9.84 Å². The van der Waals surface area contributed by atoms with Crippen LogP contribution >= 0.6 is 0 Å². The summed E-state index contributed by atoms with van der Waals surface area (Å²) in [5.74, 6) is -1.38. The van der Waals surface area contributed by atoms with Crippen LogP contribution in [0.4, 0.5) is 0 Å². The summed E-state index contributed by atoms with van der Waals surface area (Å²) >= 11 is 0. The van der Waals surface area contributed by atoms with Gasteiger partial charge in [0.2, 0.25) is 0 Å². The SMILES string of the molecule is CCCCCCCCCCCCCCCCCCCCOC(=O)c1ccc(C(=O)O)cc1.[CaH2]. The maximum atomic E-state index is 11.9. The standard InChI is InChI=1S/C28H46O4.Ca.2H/c1-2-3-4-5-6-7-8-9-10-11-12-13-14-15-16-17-18-19-24-32-28(31)26-22-20-25(21-23-26)27(29)30;;;/h20-23H,2-19,24H2,1H3,(H,29,30);;;. The Balaban J connectivity index is 0.0000102. The van der Waals surface area contributed by atoms with Crippen molar-refractivity contribution in [3.8, 4) is 0 Å². The Bertz CT molecular complexity index is 600. The van der Waals surface area contributed by atoms with E-state index < -0.39 is 5.97 Å². The van der Waals surface area contributed by atoms with Crippen molar-refractivity contribution in [2.75, 3.05) is 6.61 Å². The second-order valence-electron chi connectivity index (χ2n) is 9.03. The Morgan fingerprint density at radius 2 is 0.939 bits per heavy atom. The first-order valence-corrected chi connectivity index (χ1v) is 13.2. The summed E-state index contributed by atoms with van der Waals surface area (Å²) in [4.78, 5) is 22.8. The van der Waals surface area contributed by atoms with Gasteiger partial charge in [-0.25, -0.2) is 9.59 Å². The molecular weight excluding hydrogens is 440 g/mol. The van der Waals surface area contributed by atoms with Gasteiger partial charge >= 0.3 is 49.7 Å². The third-order valence-electron chi connectivity index (χ3n) is 6.10. The van der Waals surface area contributed by atoms with Crippen LogP contribution in [0.2, 0.25) is 0 Å². The van der Waals surface area contributed by atoms with E-state index in [-0.39, 0.29) is 49.3 Å². The van der Waals surface area contributed by atoms with E-state index in [9.17, 15) is 9.59 Å². The molecule has 0 aliphatic rings. The molecule has 0 radical (unpaired) electrons. The molecule has 33 heavy (non-hydrogen) atoms. The first kappa shape index (κ1) is 32.4. The molecule has 186 valence electrons. The van der Waals surface area contributed by atoms with E-state index in [2.05, 4.69) is 6.92 Å². The molecule has 4 nitrogen and oxygen atoms in total. The molecular formula is C28H48CaO4. The van der Waals surface area contributed by atoms with Crippen molar-refractivity contribution in [3.05, 3.63) is 35.4 Å². The Hall–Kier alpha value is -0.580. The molecule has 0 saturated carbocycles. The Morgan fingerprint density at radius 1 is 0.606 bits per heavy atom. The first-order valence-electron chi connectivity index (χ1n) is 13.2. The van der Waals surface area contributed by atoms with E-state index >= 15 is 0 Å². The normalized spacial score (nSPS) is 10.6. The number of aromatic carboxylic acids is 1. The molecule has 0 fully saturated rings. The summed E-state index contributed by atoms with van der Waals surface area (Å²) in [6.45, 7) is 2.70. The molecule has 5 heteroatoms. The van der Waals surface area contributed by atoms with Gasteiger partial charge in [0.05, 0.1) is 17.7 Å². The molecule has 1 aromatic carbocycles. The number of hydrogen-bond acceptors (Lipinski definition) is 3. The van der Waals surface area contributed by atoms with Gasteiger partial charge in [-0.3, -0.25) is 0 Å². The fourth-order valence-electron chi connectivity index (χ4n) is 4.00. The van der Waals surface area contributed by atoms with Crippen molar-refractivity contribution < 1.29 is 19.4 Å². The molecule has 0 unspecified atom stereocenters. The van der Waals surface area contributed by atoms with Gasteiger partial charge in [0.15, 0.2) is 0 Å². The molecule has 0 atom stereocenters. The number of unbranched alkanes of at least 4 members (excludes halogenated alkanes) is 17. The van der Waals surface area contributed by atoms with Gasteiger partial charge in [0.25, 0.3) is 0 Å². The van der Waals surface area contributed by atoms with Crippen LogP contribution in [0.1, 0.15) is 143 Å². The topological polar surface area (TPSA) is 63.6 Å². The third kappa shape index (κ3) is 18.4. The Labute approximate surface area is 232 Å². The van der Waals surface area contributed by atoms with Crippen molar-refractivity contribution in [1.82, 2.24) is 0 Å². The predicted molar refractivity (Wildman–Crippen MR) is 141 cm³/mol. The molecule has 0 heterocycles. The van der Waals surface area contributed by atoms with E-state index in [0.717, 1.165) is 12.8 Å². The molecule has 1 aromatic rings. The molecule has 0 bridgehead atoms. The Morgan fingerprint density at radius 3 is 1.30 bits per heavy atom. The molecule has 1 rings (SSSR count). The van der Waals surface area contributed by atoms with E-state index in [0.29, 0.717) is 12.2 Å². The van der Waals surface area contributed by atoms with Crippen LogP contribution < -0.4 is 0 Å². The van der Waals surface area contributed by atoms with Crippen molar-refractivity contribution in [2.45, 2.75) is 122 Å². The summed E-state index contributed by atoms with van der Waals surface area (Å²) in [6, 6.07) is 5.85. The van der Waals surface area contributed by atoms with Crippen LogP contribution in [0.15, 0.2) is 24.3 Å². The number of carbonyl (C=O) groups excluding carboxylic acids is 1. The number of rotatable bonds is 21. The Kier molecular flexibility index (Phi) is 22.8. The van der Waals surface area contributed by atoms with Crippen molar-refractivity contribution in [1.29, 1.82) is 0 Å². The molecule has 0 aliphatic heterocycles. The summed E-state index contributed by atoms with van der Waals surface area (Å²) in [5.41, 5.74) is 0.572. The van der Waals surface area contributed by atoms with E-state index in [1.54, 1.807) is 0 Å². The number of benzene rings is 1. The second kappa shape index (κ2) is 23.2. The minimum atomic E-state index is -0.997. The number of carboxylic acid groups (broad SMARTS) is 1. The van der Waals surface area contributed by atoms with Gasteiger partial charge in [0, 0.05) is 0 Å². The van der Waals surface area contributed by atoms with Crippen molar-refractivity contribution in [3.63, 3.8) is 0 Å². The molecule has 0 aromatic heterocycles. The van der Waals surface area contributed by atoms with Crippen LogP contribution in [0.25, 0.3) is 0 Å². The van der Waals surface area contributed by atoms with Crippen molar-refractivity contribution in [2.24, 2.45) is 0 Å². The molecule has 0 saturated heterocycles. The second-order valence-corrected chi connectivity index (χ2v) is 9.03. The zero-order valence-electron chi connectivity index (χ0n) is 20.4. The number of hydrogen-bond donors (Lipinski definition) is 1. The zero-order chi connectivity index (χ0) is 23.3. The van der Waals surface area contributed by atoms with Gasteiger partial charge in [-0.1, -0.05) is 116 Å². The fourth-order valence-corrected chi connectivity index (χ4v) is 4.00. The number of esters is 1. The summed E-state index contributed by atoms with van der Waals surface area (Å²) in [5, 5.41) is 8.88. The monoisotopic (exact) mass is 488 g/mol. The summed E-state index contributed by atoms with van der Waals surface area (Å²) in [7, 11) is 0. The number of ether oxygens (including phenoxy) is 1. The molecule has 0 aliphatic carbocycles. The van der Waals surface area contributed by atoms with E-state index in [1.807, 2.05) is 0 Å². The number of carboxylic acids is 1.